The molecule has 0 aliphatic rings. The molecule has 2 aromatic rings. The van der Waals surface area contributed by atoms with Crippen molar-refractivity contribution in [3.8, 4) is 0 Å². The number of anilines is 3. The van der Waals surface area contributed by atoms with Gasteiger partial charge in [0.2, 0.25) is 5.95 Å². The first-order valence-electron chi connectivity index (χ1n) is 5.35. The summed E-state index contributed by atoms with van der Waals surface area (Å²) >= 11 is 0. The Morgan fingerprint density at radius 1 is 1.24 bits per heavy atom. The predicted octanol–water partition coefficient (Wildman–Crippen LogP) is 1.57. The highest BCUT2D eigenvalue weighted by Crippen LogP contribution is 2.21. The number of nitrogens with zero attached hydrogens (tertiary/aromatic N) is 2. The lowest BCUT2D eigenvalue weighted by Crippen LogP contribution is -2.04. The van der Waals surface area contributed by atoms with E-state index < -0.39 is 0 Å². The van der Waals surface area contributed by atoms with Crippen molar-refractivity contribution < 1.29 is 0 Å². The molecule has 5 heteroatoms. The maximum atomic E-state index is 5.68. The van der Waals surface area contributed by atoms with E-state index in [0.717, 1.165) is 22.6 Å². The molecule has 0 radical (unpaired) electrons. The van der Waals surface area contributed by atoms with E-state index in [4.69, 9.17) is 11.5 Å². The summed E-state index contributed by atoms with van der Waals surface area (Å²) in [5, 5.41) is 3.26. The zero-order valence-electron chi connectivity index (χ0n) is 9.64. The monoisotopic (exact) mass is 229 g/mol. The van der Waals surface area contributed by atoms with Crippen molar-refractivity contribution in [2.45, 2.75) is 13.5 Å². The van der Waals surface area contributed by atoms with Gasteiger partial charge in [0.05, 0.1) is 17.6 Å². The minimum absolute atomic E-state index is 0.278. The molecule has 0 atom stereocenters. The highest BCUT2D eigenvalue weighted by atomic mass is 15.0. The van der Waals surface area contributed by atoms with Crippen LogP contribution in [0.5, 0.6) is 0 Å². The van der Waals surface area contributed by atoms with Crippen LogP contribution < -0.4 is 16.8 Å². The quantitative estimate of drug-likeness (QED) is 0.743. The lowest BCUT2D eigenvalue weighted by molar-refractivity contribution is 1.07. The third kappa shape index (κ3) is 2.51. The van der Waals surface area contributed by atoms with Gasteiger partial charge in [0.25, 0.3) is 0 Å². The summed E-state index contributed by atoms with van der Waals surface area (Å²) in [6.45, 7) is 2.36. The van der Waals surface area contributed by atoms with E-state index in [2.05, 4.69) is 15.3 Å². The standard InChI is InChI=1S/C12H15N5/c1-8-11(7-15-12(14)16-8)17-10-5-3-2-4-9(10)6-13/h2-5,7,17H,6,13H2,1H3,(H2,14,15,16). The Bertz CT molecular complexity index is 524. The van der Waals surface area contributed by atoms with Gasteiger partial charge in [-0.25, -0.2) is 9.97 Å². The number of hydrogen-bond acceptors (Lipinski definition) is 5. The van der Waals surface area contributed by atoms with Crippen LogP contribution in [0.15, 0.2) is 30.5 Å². The summed E-state index contributed by atoms with van der Waals surface area (Å²) in [6.07, 6.45) is 1.67. The Morgan fingerprint density at radius 3 is 2.71 bits per heavy atom. The number of aromatic nitrogens is 2. The maximum Gasteiger partial charge on any atom is 0.220 e. The average molecular weight is 229 g/mol. The molecular weight excluding hydrogens is 214 g/mol. The van der Waals surface area contributed by atoms with Crippen molar-refractivity contribution in [3.05, 3.63) is 41.7 Å². The molecule has 1 aromatic carbocycles. The van der Waals surface area contributed by atoms with Crippen LogP contribution in [-0.2, 0) is 6.54 Å². The summed E-state index contributed by atoms with van der Waals surface area (Å²) in [4.78, 5) is 8.06. The van der Waals surface area contributed by atoms with Gasteiger partial charge in [-0.05, 0) is 18.6 Å². The molecule has 17 heavy (non-hydrogen) atoms. The highest BCUT2D eigenvalue weighted by Gasteiger charge is 2.04. The molecular formula is C12H15N5. The molecule has 0 saturated carbocycles. The molecule has 0 unspecified atom stereocenters. The van der Waals surface area contributed by atoms with Crippen LogP contribution >= 0.6 is 0 Å². The van der Waals surface area contributed by atoms with Crippen LogP contribution in [0.25, 0.3) is 0 Å². The first kappa shape index (κ1) is 11.3. The molecule has 1 aromatic heterocycles. The Hall–Kier alpha value is -2.14. The third-order valence-electron chi connectivity index (χ3n) is 2.50. The lowest BCUT2D eigenvalue weighted by Gasteiger charge is -2.12. The number of hydrogen-bond donors (Lipinski definition) is 3. The molecule has 0 amide bonds. The van der Waals surface area contributed by atoms with Crippen LogP contribution in [0.3, 0.4) is 0 Å². The van der Waals surface area contributed by atoms with Crippen molar-refractivity contribution in [3.63, 3.8) is 0 Å². The first-order chi connectivity index (χ1) is 8.20. The van der Waals surface area contributed by atoms with Crippen molar-refractivity contribution >= 4 is 17.3 Å². The molecule has 0 aliphatic heterocycles. The van der Waals surface area contributed by atoms with E-state index in [-0.39, 0.29) is 5.95 Å². The van der Waals surface area contributed by atoms with Gasteiger partial charge in [0.1, 0.15) is 0 Å². The van der Waals surface area contributed by atoms with Crippen LogP contribution in [-0.4, -0.2) is 9.97 Å². The molecule has 1 heterocycles. The Labute approximate surface area is 99.9 Å². The maximum absolute atomic E-state index is 5.68. The number of nitrogens with two attached hydrogens (primary N) is 2. The number of nitrogens with one attached hydrogen (secondary N) is 1. The smallest absolute Gasteiger partial charge is 0.220 e. The van der Waals surface area contributed by atoms with E-state index in [1.165, 1.54) is 0 Å². The van der Waals surface area contributed by atoms with Gasteiger partial charge in [0.15, 0.2) is 0 Å². The van der Waals surface area contributed by atoms with Crippen LogP contribution in [0.2, 0.25) is 0 Å². The van der Waals surface area contributed by atoms with E-state index in [1.807, 2.05) is 31.2 Å². The molecule has 0 saturated heterocycles. The zero-order valence-corrected chi connectivity index (χ0v) is 9.64. The molecule has 0 aliphatic carbocycles. The highest BCUT2D eigenvalue weighted by molar-refractivity contribution is 5.64. The summed E-state index contributed by atoms with van der Waals surface area (Å²) < 4.78 is 0. The average Bonchev–Trinajstić information content (AvgIpc) is 2.33. The topological polar surface area (TPSA) is 89.8 Å². The van der Waals surface area contributed by atoms with Gasteiger partial charge in [-0.15, -0.1) is 0 Å². The molecule has 2 rings (SSSR count). The van der Waals surface area contributed by atoms with Crippen molar-refractivity contribution in [2.75, 3.05) is 11.1 Å². The number of para-hydroxylation sites is 1. The number of nitrogen functional groups attached to an aromatic ring is 1. The largest absolute Gasteiger partial charge is 0.368 e. The van der Waals surface area contributed by atoms with Gasteiger partial charge in [-0.3, -0.25) is 0 Å². The van der Waals surface area contributed by atoms with Crippen LogP contribution in [0, 0.1) is 6.92 Å². The number of benzene rings is 1. The third-order valence-corrected chi connectivity index (χ3v) is 2.50. The Balaban J connectivity index is 2.31. The van der Waals surface area contributed by atoms with Gasteiger partial charge in [0, 0.05) is 12.2 Å². The van der Waals surface area contributed by atoms with E-state index in [9.17, 15) is 0 Å². The number of aryl methyl sites for hydroxylation is 1. The SMILES string of the molecule is Cc1nc(N)ncc1Nc1ccccc1CN. The molecule has 0 fully saturated rings. The van der Waals surface area contributed by atoms with E-state index >= 15 is 0 Å². The van der Waals surface area contributed by atoms with Gasteiger partial charge >= 0.3 is 0 Å². The lowest BCUT2D eigenvalue weighted by atomic mass is 10.1. The van der Waals surface area contributed by atoms with Crippen LogP contribution in [0.1, 0.15) is 11.3 Å². The van der Waals surface area contributed by atoms with Gasteiger partial charge < -0.3 is 16.8 Å². The van der Waals surface area contributed by atoms with E-state index in [1.54, 1.807) is 6.20 Å². The normalized spacial score (nSPS) is 10.2. The van der Waals surface area contributed by atoms with Crippen molar-refractivity contribution in [2.24, 2.45) is 5.73 Å². The first-order valence-corrected chi connectivity index (χ1v) is 5.35. The molecule has 5 nitrogen and oxygen atoms in total. The second-order valence-electron chi connectivity index (χ2n) is 3.71. The minimum atomic E-state index is 0.278. The minimum Gasteiger partial charge on any atom is -0.368 e. The second kappa shape index (κ2) is 4.80. The number of rotatable bonds is 3. The summed E-state index contributed by atoms with van der Waals surface area (Å²) in [5.41, 5.74) is 14.8. The van der Waals surface area contributed by atoms with E-state index in [0.29, 0.717) is 6.54 Å². The summed E-state index contributed by atoms with van der Waals surface area (Å²) in [5.74, 6) is 0.278. The Morgan fingerprint density at radius 2 is 2.00 bits per heavy atom. The molecule has 5 N–H and O–H groups in total. The fourth-order valence-corrected chi connectivity index (χ4v) is 1.57. The van der Waals surface area contributed by atoms with Crippen molar-refractivity contribution in [1.82, 2.24) is 9.97 Å². The fourth-order valence-electron chi connectivity index (χ4n) is 1.57. The van der Waals surface area contributed by atoms with Crippen LogP contribution in [0.4, 0.5) is 17.3 Å². The van der Waals surface area contributed by atoms with Gasteiger partial charge in [-0.1, -0.05) is 18.2 Å². The second-order valence-corrected chi connectivity index (χ2v) is 3.71. The Kier molecular flexibility index (Phi) is 3.20. The molecule has 0 bridgehead atoms. The van der Waals surface area contributed by atoms with Gasteiger partial charge in [-0.2, -0.15) is 0 Å². The molecule has 0 spiro atoms. The summed E-state index contributed by atoms with van der Waals surface area (Å²) in [7, 11) is 0. The summed E-state index contributed by atoms with van der Waals surface area (Å²) in [6, 6.07) is 7.86. The predicted molar refractivity (Wildman–Crippen MR) is 68.8 cm³/mol. The zero-order chi connectivity index (χ0) is 12.3. The fraction of sp³-hybridized carbons (Fsp3) is 0.167. The molecule has 88 valence electrons. The van der Waals surface area contributed by atoms with Crippen molar-refractivity contribution in [1.29, 1.82) is 0 Å².